The largest absolute Gasteiger partial charge is 0.494 e. The molecule has 0 bridgehead atoms. The SMILES string of the molecule is COc1cc(Bc2c(F)c(F)c(C)c(F)c2F)c(F)cc1F. The Kier molecular flexibility index (Phi) is 4.39. The Hall–Kier alpha value is -2.12. The minimum atomic E-state index is -1.61. The zero-order chi connectivity index (χ0) is 16.6. The van der Waals surface area contributed by atoms with Gasteiger partial charge in [0.25, 0.3) is 0 Å². The number of ether oxygens (including phenoxy) is 1. The van der Waals surface area contributed by atoms with Gasteiger partial charge in [0.15, 0.2) is 34.8 Å². The van der Waals surface area contributed by atoms with Crippen LogP contribution in [0, 0.1) is 41.8 Å². The molecule has 0 heterocycles. The van der Waals surface area contributed by atoms with E-state index in [0.717, 1.165) is 20.1 Å². The molecule has 0 spiro atoms. The van der Waals surface area contributed by atoms with Crippen molar-refractivity contribution < 1.29 is 31.1 Å². The Bertz CT molecular complexity index is 718. The molecule has 0 atom stereocenters. The first-order valence-electron chi connectivity index (χ1n) is 6.11. The second-order valence-corrected chi connectivity index (χ2v) is 4.61. The molecule has 116 valence electrons. The van der Waals surface area contributed by atoms with E-state index in [1.165, 1.54) is 0 Å². The number of hydrogen-bond donors (Lipinski definition) is 0. The van der Waals surface area contributed by atoms with Crippen LogP contribution in [0.4, 0.5) is 26.3 Å². The quantitative estimate of drug-likeness (QED) is 0.479. The van der Waals surface area contributed by atoms with E-state index in [4.69, 9.17) is 0 Å². The summed E-state index contributed by atoms with van der Waals surface area (Å²) < 4.78 is 86.1. The van der Waals surface area contributed by atoms with Crippen LogP contribution in [0.2, 0.25) is 0 Å². The third-order valence-electron chi connectivity index (χ3n) is 3.26. The normalized spacial score (nSPS) is 10.7. The van der Waals surface area contributed by atoms with E-state index in [2.05, 4.69) is 4.74 Å². The van der Waals surface area contributed by atoms with Crippen LogP contribution in [0.5, 0.6) is 5.75 Å². The topological polar surface area (TPSA) is 9.23 Å². The highest BCUT2D eigenvalue weighted by molar-refractivity contribution is 6.67. The maximum Gasteiger partial charge on any atom is 0.204 e. The molecule has 0 aliphatic carbocycles. The van der Waals surface area contributed by atoms with Crippen LogP contribution >= 0.6 is 0 Å². The van der Waals surface area contributed by atoms with Crippen LogP contribution in [-0.2, 0) is 0 Å². The van der Waals surface area contributed by atoms with E-state index in [0.29, 0.717) is 6.07 Å². The molecular weight excluding hydrogens is 309 g/mol. The Morgan fingerprint density at radius 1 is 0.818 bits per heavy atom. The van der Waals surface area contributed by atoms with Crippen molar-refractivity contribution in [3.63, 3.8) is 0 Å². The fraction of sp³-hybridized carbons (Fsp3) is 0.143. The highest BCUT2D eigenvalue weighted by Crippen LogP contribution is 2.18. The van der Waals surface area contributed by atoms with Crippen molar-refractivity contribution in [1.82, 2.24) is 0 Å². The Labute approximate surface area is 122 Å². The van der Waals surface area contributed by atoms with Crippen LogP contribution in [0.25, 0.3) is 0 Å². The fourth-order valence-electron chi connectivity index (χ4n) is 2.00. The first-order chi connectivity index (χ1) is 10.3. The van der Waals surface area contributed by atoms with Gasteiger partial charge in [0, 0.05) is 11.6 Å². The highest BCUT2D eigenvalue weighted by Gasteiger charge is 2.25. The number of benzene rings is 2. The summed E-state index contributed by atoms with van der Waals surface area (Å²) in [5, 5.41) is 0. The summed E-state index contributed by atoms with van der Waals surface area (Å²) in [6, 6.07) is 1.34. The smallest absolute Gasteiger partial charge is 0.204 e. The van der Waals surface area contributed by atoms with Gasteiger partial charge < -0.3 is 4.74 Å². The van der Waals surface area contributed by atoms with E-state index >= 15 is 0 Å². The van der Waals surface area contributed by atoms with Gasteiger partial charge in [-0.05, 0) is 23.9 Å². The molecule has 0 N–H and O–H groups in total. The Morgan fingerprint density at radius 2 is 1.36 bits per heavy atom. The van der Waals surface area contributed by atoms with Gasteiger partial charge in [-0.25, -0.2) is 26.3 Å². The lowest BCUT2D eigenvalue weighted by Gasteiger charge is -2.11. The van der Waals surface area contributed by atoms with Crippen molar-refractivity contribution in [2.45, 2.75) is 6.92 Å². The molecule has 2 rings (SSSR count). The van der Waals surface area contributed by atoms with Gasteiger partial charge in [0.2, 0.25) is 7.28 Å². The Morgan fingerprint density at radius 3 is 1.86 bits per heavy atom. The average Bonchev–Trinajstić information content (AvgIpc) is 2.49. The number of hydrogen-bond acceptors (Lipinski definition) is 1. The molecule has 0 amide bonds. The van der Waals surface area contributed by atoms with Crippen molar-refractivity contribution in [2.24, 2.45) is 0 Å². The van der Waals surface area contributed by atoms with Crippen LogP contribution in [-0.4, -0.2) is 14.4 Å². The maximum atomic E-state index is 13.8. The summed E-state index contributed by atoms with van der Waals surface area (Å²) >= 11 is 0. The second-order valence-electron chi connectivity index (χ2n) is 4.61. The first kappa shape index (κ1) is 16.3. The molecular formula is C14H9BF6O. The summed E-state index contributed by atoms with van der Waals surface area (Å²) in [5.74, 6) is -8.81. The average molecular weight is 318 g/mol. The first-order valence-corrected chi connectivity index (χ1v) is 6.11. The van der Waals surface area contributed by atoms with Gasteiger partial charge in [0.05, 0.1) is 7.11 Å². The lowest BCUT2D eigenvalue weighted by atomic mass is 9.63. The minimum Gasteiger partial charge on any atom is -0.494 e. The third kappa shape index (κ3) is 2.65. The molecule has 8 heteroatoms. The maximum absolute atomic E-state index is 13.8. The van der Waals surface area contributed by atoms with Gasteiger partial charge in [0.1, 0.15) is 5.82 Å². The molecule has 0 aliphatic rings. The highest BCUT2D eigenvalue weighted by atomic mass is 19.2. The van der Waals surface area contributed by atoms with E-state index in [-0.39, 0.29) is 11.2 Å². The Balaban J connectivity index is 2.57. The predicted molar refractivity (Wildman–Crippen MR) is 70.3 cm³/mol. The molecule has 0 saturated heterocycles. The van der Waals surface area contributed by atoms with Gasteiger partial charge in [-0.1, -0.05) is 0 Å². The van der Waals surface area contributed by atoms with E-state index < -0.39 is 53.2 Å². The third-order valence-corrected chi connectivity index (χ3v) is 3.26. The van der Waals surface area contributed by atoms with Crippen LogP contribution in [0.1, 0.15) is 5.56 Å². The second kappa shape index (κ2) is 5.94. The monoisotopic (exact) mass is 318 g/mol. The molecule has 22 heavy (non-hydrogen) atoms. The van der Waals surface area contributed by atoms with Crippen molar-refractivity contribution >= 4 is 18.2 Å². The van der Waals surface area contributed by atoms with Crippen LogP contribution < -0.4 is 15.7 Å². The molecule has 0 aromatic heterocycles. The van der Waals surface area contributed by atoms with E-state index in [1.807, 2.05) is 0 Å². The molecule has 0 fully saturated rings. The molecule has 0 radical (unpaired) electrons. The zero-order valence-electron chi connectivity index (χ0n) is 11.5. The van der Waals surface area contributed by atoms with Gasteiger partial charge in [-0.2, -0.15) is 0 Å². The number of rotatable bonds is 3. The molecule has 1 nitrogen and oxygen atoms in total. The van der Waals surface area contributed by atoms with E-state index in [9.17, 15) is 26.3 Å². The standard InChI is InChI=1S/C14H9BF6O/c1-5-11(18)13(20)10(14(21)12(5)19)15-6-3-9(22-2)8(17)4-7(6)16/h3-4,15H,1-2H3. The summed E-state index contributed by atoms with van der Waals surface area (Å²) in [7, 11) is 0.320. The van der Waals surface area contributed by atoms with Gasteiger partial charge >= 0.3 is 0 Å². The predicted octanol–water partition coefficient (Wildman–Crippen LogP) is 2.23. The fourth-order valence-corrected chi connectivity index (χ4v) is 2.00. The lowest BCUT2D eigenvalue weighted by molar-refractivity contribution is 0.385. The minimum absolute atomic E-state index is 0.356. The summed E-state index contributed by atoms with van der Waals surface area (Å²) in [4.78, 5) is 0. The summed E-state index contributed by atoms with van der Waals surface area (Å²) in [5.41, 5.74) is -2.15. The lowest BCUT2D eigenvalue weighted by Crippen LogP contribution is -2.36. The summed E-state index contributed by atoms with van der Waals surface area (Å²) in [6.45, 7) is 0.877. The van der Waals surface area contributed by atoms with Crippen LogP contribution in [0.3, 0.4) is 0 Å². The van der Waals surface area contributed by atoms with Crippen molar-refractivity contribution in [3.8, 4) is 5.75 Å². The van der Waals surface area contributed by atoms with Crippen molar-refractivity contribution in [2.75, 3.05) is 7.11 Å². The zero-order valence-corrected chi connectivity index (χ0v) is 11.5. The summed E-state index contributed by atoms with van der Waals surface area (Å²) in [6.07, 6.45) is 0. The molecule has 2 aromatic carbocycles. The van der Waals surface area contributed by atoms with Crippen molar-refractivity contribution in [1.29, 1.82) is 0 Å². The van der Waals surface area contributed by atoms with Crippen LogP contribution in [0.15, 0.2) is 12.1 Å². The molecule has 0 aliphatic heterocycles. The molecule has 0 saturated carbocycles. The van der Waals surface area contributed by atoms with E-state index in [1.54, 1.807) is 0 Å². The van der Waals surface area contributed by atoms with Crippen molar-refractivity contribution in [3.05, 3.63) is 52.6 Å². The molecule has 2 aromatic rings. The van der Waals surface area contributed by atoms with Gasteiger partial charge in [-0.15, -0.1) is 0 Å². The molecule has 0 unspecified atom stereocenters. The number of halogens is 6. The van der Waals surface area contributed by atoms with Gasteiger partial charge in [-0.3, -0.25) is 0 Å². The number of methoxy groups -OCH3 is 1.